The molecule has 3 heterocycles. The Hall–Kier alpha value is -1.75. The zero-order valence-electron chi connectivity index (χ0n) is 9.71. The summed E-state index contributed by atoms with van der Waals surface area (Å²) in [4.78, 5) is 15.2. The van der Waals surface area contributed by atoms with Crippen LogP contribution in [0.4, 0.5) is 5.82 Å². The van der Waals surface area contributed by atoms with Gasteiger partial charge in [-0.25, -0.2) is 9.97 Å². The summed E-state index contributed by atoms with van der Waals surface area (Å²) in [5.74, 6) is 0.909. The van der Waals surface area contributed by atoms with Crippen LogP contribution in [-0.4, -0.2) is 40.8 Å². The van der Waals surface area contributed by atoms with Gasteiger partial charge in [0.25, 0.3) is 0 Å². The molecule has 5 heteroatoms. The minimum Gasteiger partial charge on any atom is -0.377 e. The van der Waals surface area contributed by atoms with Crippen LogP contribution < -0.4 is 4.90 Å². The van der Waals surface area contributed by atoms with Gasteiger partial charge in [0.1, 0.15) is 11.8 Å². The van der Waals surface area contributed by atoms with Crippen LogP contribution in [0.15, 0.2) is 24.7 Å². The molecule has 1 saturated heterocycles. The Morgan fingerprint density at radius 3 is 3.18 bits per heavy atom. The Bertz CT molecular complexity index is 525. The third-order valence-corrected chi connectivity index (χ3v) is 3.01. The van der Waals surface area contributed by atoms with E-state index >= 15 is 0 Å². The van der Waals surface area contributed by atoms with Crippen LogP contribution in [-0.2, 0) is 4.74 Å². The lowest BCUT2D eigenvalue weighted by molar-refractivity contribution is 0.0986. The number of nitrogens with zero attached hydrogens (tertiary/aromatic N) is 4. The number of hydrogen-bond acceptors (Lipinski definition) is 5. The highest BCUT2D eigenvalue weighted by Gasteiger charge is 2.22. The lowest BCUT2D eigenvalue weighted by Gasteiger charge is -2.34. The van der Waals surface area contributed by atoms with Gasteiger partial charge in [-0.2, -0.15) is 0 Å². The first-order valence-corrected chi connectivity index (χ1v) is 5.76. The van der Waals surface area contributed by atoms with Crippen LogP contribution in [0.2, 0.25) is 0 Å². The molecule has 0 saturated carbocycles. The standard InChI is InChI=1S/C12H14N4O/c1-9-7-17-6-5-16(9)12-11-10(14-8-15-12)3-2-4-13-11/h2-4,8-9H,5-7H2,1H3. The zero-order valence-corrected chi connectivity index (χ0v) is 9.71. The van der Waals surface area contributed by atoms with Gasteiger partial charge < -0.3 is 9.64 Å². The summed E-state index contributed by atoms with van der Waals surface area (Å²) in [6.45, 7) is 4.46. The van der Waals surface area contributed by atoms with Crippen molar-refractivity contribution in [1.82, 2.24) is 15.0 Å². The summed E-state index contributed by atoms with van der Waals surface area (Å²) >= 11 is 0. The van der Waals surface area contributed by atoms with E-state index in [0.29, 0.717) is 6.04 Å². The number of anilines is 1. The summed E-state index contributed by atoms with van der Waals surface area (Å²) in [6, 6.07) is 4.17. The Morgan fingerprint density at radius 1 is 1.35 bits per heavy atom. The highest BCUT2D eigenvalue weighted by molar-refractivity contribution is 5.85. The number of fused-ring (bicyclic) bond motifs is 1. The number of hydrogen-bond donors (Lipinski definition) is 0. The third kappa shape index (κ3) is 1.82. The maximum Gasteiger partial charge on any atom is 0.159 e. The van der Waals surface area contributed by atoms with E-state index < -0.39 is 0 Å². The van der Waals surface area contributed by atoms with Crippen LogP contribution >= 0.6 is 0 Å². The maximum atomic E-state index is 5.44. The van der Waals surface area contributed by atoms with Gasteiger partial charge in [-0.1, -0.05) is 0 Å². The highest BCUT2D eigenvalue weighted by atomic mass is 16.5. The Morgan fingerprint density at radius 2 is 2.29 bits per heavy atom. The van der Waals surface area contributed by atoms with Gasteiger partial charge in [-0.05, 0) is 19.1 Å². The second-order valence-electron chi connectivity index (χ2n) is 4.19. The van der Waals surface area contributed by atoms with Crippen LogP contribution in [0.3, 0.4) is 0 Å². The molecular formula is C12H14N4O. The van der Waals surface area contributed by atoms with Gasteiger partial charge in [-0.3, -0.25) is 4.98 Å². The topological polar surface area (TPSA) is 51.1 Å². The highest BCUT2D eigenvalue weighted by Crippen LogP contribution is 2.23. The minimum absolute atomic E-state index is 0.323. The fraction of sp³-hybridized carbons (Fsp3) is 0.417. The number of aromatic nitrogens is 3. The molecule has 0 spiro atoms. The first-order chi connectivity index (χ1) is 8.36. The molecule has 88 valence electrons. The molecule has 2 aromatic rings. The SMILES string of the molecule is CC1COCCN1c1ncnc2cccnc12. The second-order valence-corrected chi connectivity index (χ2v) is 4.19. The molecular weight excluding hydrogens is 216 g/mol. The number of pyridine rings is 1. The molecule has 1 unspecified atom stereocenters. The van der Waals surface area contributed by atoms with Gasteiger partial charge in [0.15, 0.2) is 5.82 Å². The molecule has 1 fully saturated rings. The fourth-order valence-electron chi connectivity index (χ4n) is 2.13. The molecule has 5 nitrogen and oxygen atoms in total. The van der Waals surface area contributed by atoms with E-state index in [-0.39, 0.29) is 0 Å². The molecule has 1 aliphatic heterocycles. The quantitative estimate of drug-likeness (QED) is 0.738. The molecule has 0 aromatic carbocycles. The van der Waals surface area contributed by atoms with Crippen molar-refractivity contribution >= 4 is 16.9 Å². The van der Waals surface area contributed by atoms with Gasteiger partial charge in [-0.15, -0.1) is 0 Å². The summed E-state index contributed by atoms with van der Waals surface area (Å²) in [5.41, 5.74) is 1.75. The predicted octanol–water partition coefficient (Wildman–Crippen LogP) is 1.25. The lowest BCUT2D eigenvalue weighted by Crippen LogP contribution is -2.44. The summed E-state index contributed by atoms with van der Waals surface area (Å²) in [6.07, 6.45) is 3.38. The van der Waals surface area contributed by atoms with Crippen molar-refractivity contribution in [2.24, 2.45) is 0 Å². The van der Waals surface area contributed by atoms with E-state index in [9.17, 15) is 0 Å². The normalized spacial score (nSPS) is 20.8. The third-order valence-electron chi connectivity index (χ3n) is 3.01. The van der Waals surface area contributed by atoms with Crippen LogP contribution in [0.5, 0.6) is 0 Å². The predicted molar refractivity (Wildman–Crippen MR) is 65.0 cm³/mol. The average Bonchev–Trinajstić information content (AvgIpc) is 2.39. The maximum absolute atomic E-state index is 5.44. The molecule has 17 heavy (non-hydrogen) atoms. The van der Waals surface area contributed by atoms with E-state index in [0.717, 1.165) is 36.6 Å². The number of ether oxygens (including phenoxy) is 1. The summed E-state index contributed by atoms with van der Waals surface area (Å²) < 4.78 is 5.44. The van der Waals surface area contributed by atoms with Gasteiger partial charge in [0.2, 0.25) is 0 Å². The average molecular weight is 230 g/mol. The number of rotatable bonds is 1. The molecule has 2 aromatic heterocycles. The van der Waals surface area contributed by atoms with E-state index in [4.69, 9.17) is 4.74 Å². The van der Waals surface area contributed by atoms with Crippen molar-refractivity contribution in [3.05, 3.63) is 24.7 Å². The van der Waals surface area contributed by atoms with Crippen LogP contribution in [0, 0.1) is 0 Å². The van der Waals surface area contributed by atoms with Crippen molar-refractivity contribution in [1.29, 1.82) is 0 Å². The van der Waals surface area contributed by atoms with Crippen molar-refractivity contribution in [3.63, 3.8) is 0 Å². The van der Waals surface area contributed by atoms with E-state index in [2.05, 4.69) is 26.8 Å². The first kappa shape index (κ1) is 10.4. The largest absolute Gasteiger partial charge is 0.377 e. The van der Waals surface area contributed by atoms with E-state index in [1.807, 2.05) is 12.1 Å². The molecule has 0 radical (unpaired) electrons. The van der Waals surface area contributed by atoms with Crippen molar-refractivity contribution < 1.29 is 4.74 Å². The second kappa shape index (κ2) is 4.25. The van der Waals surface area contributed by atoms with Gasteiger partial charge >= 0.3 is 0 Å². The van der Waals surface area contributed by atoms with Gasteiger partial charge in [0, 0.05) is 12.7 Å². The smallest absolute Gasteiger partial charge is 0.159 e. The molecule has 0 aliphatic carbocycles. The monoisotopic (exact) mass is 230 g/mol. The summed E-state index contributed by atoms with van der Waals surface area (Å²) in [5, 5.41) is 0. The molecule has 1 atom stereocenters. The summed E-state index contributed by atoms with van der Waals surface area (Å²) in [7, 11) is 0. The Labute approximate surface area is 99.5 Å². The molecule has 0 bridgehead atoms. The van der Waals surface area contributed by atoms with Crippen molar-refractivity contribution in [2.45, 2.75) is 13.0 Å². The van der Waals surface area contributed by atoms with Crippen molar-refractivity contribution in [2.75, 3.05) is 24.7 Å². The molecule has 1 aliphatic rings. The molecule has 3 rings (SSSR count). The molecule has 0 amide bonds. The minimum atomic E-state index is 0.323. The Kier molecular flexibility index (Phi) is 2.60. The zero-order chi connectivity index (χ0) is 11.7. The van der Waals surface area contributed by atoms with Crippen LogP contribution in [0.1, 0.15) is 6.92 Å². The van der Waals surface area contributed by atoms with E-state index in [1.54, 1.807) is 12.5 Å². The van der Waals surface area contributed by atoms with Crippen LogP contribution in [0.25, 0.3) is 11.0 Å². The van der Waals surface area contributed by atoms with Gasteiger partial charge in [0.05, 0.1) is 24.8 Å². The Balaban J connectivity index is 2.10. The van der Waals surface area contributed by atoms with Crippen molar-refractivity contribution in [3.8, 4) is 0 Å². The number of morpholine rings is 1. The first-order valence-electron chi connectivity index (χ1n) is 5.76. The molecule has 0 N–H and O–H groups in total. The fourth-order valence-corrected chi connectivity index (χ4v) is 2.13. The lowest BCUT2D eigenvalue weighted by atomic mass is 10.2. The van der Waals surface area contributed by atoms with E-state index in [1.165, 1.54) is 0 Å².